The van der Waals surface area contributed by atoms with Gasteiger partial charge in [0.15, 0.2) is 6.04 Å². The van der Waals surface area contributed by atoms with E-state index in [1.54, 1.807) is 13.8 Å². The smallest absolute Gasteiger partial charge is 0.328 e. The van der Waals surface area contributed by atoms with Crippen LogP contribution in [0.5, 0.6) is 5.75 Å². The number of aliphatic hydroxyl groups is 1. The van der Waals surface area contributed by atoms with Crippen LogP contribution in [0.15, 0.2) is 36.8 Å². The zero-order valence-corrected chi connectivity index (χ0v) is 20.8. The SMILES string of the molecule is CC(C)C(N)C(=O)NC(Cc1cnc[nH]1)C(=O)NC(Cc1ccc(O)cc1)C(=O)NC(C(=O)O)C(C)O. The predicted octanol–water partition coefficient (Wildman–Crippen LogP) is -1.20. The quantitative estimate of drug-likeness (QED) is 0.159. The summed E-state index contributed by atoms with van der Waals surface area (Å²) in [5, 5.41) is 36.1. The fourth-order valence-electron chi connectivity index (χ4n) is 3.39. The van der Waals surface area contributed by atoms with Crippen molar-refractivity contribution in [3.63, 3.8) is 0 Å². The summed E-state index contributed by atoms with van der Waals surface area (Å²) in [5.74, 6) is -3.80. The molecule has 9 N–H and O–H groups in total. The molecule has 0 saturated heterocycles. The van der Waals surface area contributed by atoms with E-state index in [9.17, 15) is 34.5 Å². The second-order valence-electron chi connectivity index (χ2n) is 9.11. The first kappa shape index (κ1) is 29.3. The van der Waals surface area contributed by atoms with E-state index in [0.29, 0.717) is 11.3 Å². The van der Waals surface area contributed by atoms with E-state index in [4.69, 9.17) is 5.73 Å². The molecule has 0 bridgehead atoms. The van der Waals surface area contributed by atoms with E-state index in [0.717, 1.165) is 0 Å². The van der Waals surface area contributed by atoms with Gasteiger partial charge in [0.1, 0.15) is 17.8 Å². The molecule has 0 saturated carbocycles. The molecule has 1 aromatic carbocycles. The molecule has 13 heteroatoms. The highest BCUT2D eigenvalue weighted by Crippen LogP contribution is 2.12. The van der Waals surface area contributed by atoms with Gasteiger partial charge >= 0.3 is 5.97 Å². The molecule has 1 aromatic heterocycles. The number of phenols is 1. The fraction of sp³-hybridized carbons (Fsp3) is 0.458. The maximum atomic E-state index is 13.3. The Morgan fingerprint density at radius 2 is 1.51 bits per heavy atom. The summed E-state index contributed by atoms with van der Waals surface area (Å²) in [6.45, 7) is 4.72. The van der Waals surface area contributed by atoms with Crippen LogP contribution < -0.4 is 21.7 Å². The largest absolute Gasteiger partial charge is 0.508 e. The van der Waals surface area contributed by atoms with Crippen molar-refractivity contribution >= 4 is 23.7 Å². The van der Waals surface area contributed by atoms with Crippen LogP contribution in [0.3, 0.4) is 0 Å². The summed E-state index contributed by atoms with van der Waals surface area (Å²) in [7, 11) is 0. The topological polar surface area (TPSA) is 220 Å². The third-order valence-electron chi connectivity index (χ3n) is 5.69. The van der Waals surface area contributed by atoms with Crippen LogP contribution in [-0.2, 0) is 32.0 Å². The molecule has 13 nitrogen and oxygen atoms in total. The van der Waals surface area contributed by atoms with Crippen molar-refractivity contribution in [2.45, 2.75) is 63.9 Å². The first-order valence-electron chi connectivity index (χ1n) is 11.7. The first-order valence-corrected chi connectivity index (χ1v) is 11.7. The van der Waals surface area contributed by atoms with Gasteiger partial charge < -0.3 is 42.0 Å². The van der Waals surface area contributed by atoms with Crippen LogP contribution in [0.4, 0.5) is 0 Å². The average molecular weight is 519 g/mol. The highest BCUT2D eigenvalue weighted by molar-refractivity contribution is 5.94. The number of hydrogen-bond acceptors (Lipinski definition) is 8. The van der Waals surface area contributed by atoms with E-state index in [1.165, 1.54) is 43.7 Å². The molecule has 0 spiro atoms. The summed E-state index contributed by atoms with van der Waals surface area (Å²) in [5.41, 5.74) is 7.02. The van der Waals surface area contributed by atoms with Crippen molar-refractivity contribution in [3.05, 3.63) is 48.0 Å². The molecule has 0 radical (unpaired) electrons. The summed E-state index contributed by atoms with van der Waals surface area (Å²) in [6.07, 6.45) is 1.43. The molecule has 0 aliphatic rings. The van der Waals surface area contributed by atoms with Crippen molar-refractivity contribution in [2.75, 3.05) is 0 Å². The van der Waals surface area contributed by atoms with Gasteiger partial charge in [-0.1, -0.05) is 26.0 Å². The standard InChI is InChI=1S/C24H34N6O7/c1-12(2)19(25)23(35)29-18(9-15-10-26-11-27-15)21(33)28-17(8-14-4-6-16(32)7-5-14)22(34)30-20(13(3)31)24(36)37/h4-7,10-13,17-20,31-32H,8-9,25H2,1-3H3,(H,26,27)(H,28,33)(H,29,35)(H,30,34)(H,36,37). The zero-order chi connectivity index (χ0) is 27.7. The maximum Gasteiger partial charge on any atom is 0.328 e. The summed E-state index contributed by atoms with van der Waals surface area (Å²) in [6, 6.07) is 0.963. The number of phenolic OH excluding ortho intramolecular Hbond substituents is 1. The Balaban J connectivity index is 2.30. The van der Waals surface area contributed by atoms with E-state index in [2.05, 4.69) is 25.9 Å². The number of nitrogens with two attached hydrogens (primary N) is 1. The van der Waals surface area contributed by atoms with Crippen molar-refractivity contribution in [3.8, 4) is 5.75 Å². The minimum atomic E-state index is -1.61. The maximum absolute atomic E-state index is 13.3. The molecule has 1 heterocycles. The van der Waals surface area contributed by atoms with Gasteiger partial charge in [0.25, 0.3) is 0 Å². The molecule has 5 unspecified atom stereocenters. The van der Waals surface area contributed by atoms with E-state index in [1.807, 2.05) is 0 Å². The lowest BCUT2D eigenvalue weighted by molar-refractivity contribution is -0.145. The number of benzene rings is 1. The molecular formula is C24H34N6O7. The molecule has 2 aromatic rings. The molecule has 2 rings (SSSR count). The summed E-state index contributed by atoms with van der Waals surface area (Å²) >= 11 is 0. The third kappa shape index (κ3) is 8.88. The number of rotatable bonds is 13. The lowest BCUT2D eigenvalue weighted by Gasteiger charge is -2.26. The van der Waals surface area contributed by atoms with Gasteiger partial charge in [0.2, 0.25) is 17.7 Å². The Bertz CT molecular complexity index is 1060. The number of carboxylic acid groups (broad SMARTS) is 1. The number of aliphatic hydroxyl groups excluding tert-OH is 1. The van der Waals surface area contributed by atoms with Gasteiger partial charge in [0, 0.05) is 24.7 Å². The van der Waals surface area contributed by atoms with Crippen LogP contribution in [0, 0.1) is 5.92 Å². The fourth-order valence-corrected chi connectivity index (χ4v) is 3.39. The third-order valence-corrected chi connectivity index (χ3v) is 5.69. The van der Waals surface area contributed by atoms with Crippen LogP contribution >= 0.6 is 0 Å². The van der Waals surface area contributed by atoms with Crippen LogP contribution in [0.1, 0.15) is 32.0 Å². The number of aromatic amines is 1. The van der Waals surface area contributed by atoms with Gasteiger partial charge in [0.05, 0.1) is 18.5 Å². The number of aromatic nitrogens is 2. The Hall–Kier alpha value is -3.97. The van der Waals surface area contributed by atoms with E-state index >= 15 is 0 Å². The molecule has 5 atom stereocenters. The van der Waals surface area contributed by atoms with E-state index < -0.39 is 54.0 Å². The predicted molar refractivity (Wildman–Crippen MR) is 132 cm³/mol. The van der Waals surface area contributed by atoms with Gasteiger partial charge in [-0.2, -0.15) is 0 Å². The van der Waals surface area contributed by atoms with Crippen molar-refractivity contribution in [1.29, 1.82) is 0 Å². The molecule has 37 heavy (non-hydrogen) atoms. The number of aromatic hydroxyl groups is 1. The van der Waals surface area contributed by atoms with Crippen LogP contribution in [-0.4, -0.2) is 79.2 Å². The molecule has 0 aliphatic carbocycles. The highest BCUT2D eigenvalue weighted by Gasteiger charge is 2.32. The average Bonchev–Trinajstić information content (AvgIpc) is 3.34. The van der Waals surface area contributed by atoms with E-state index in [-0.39, 0.29) is 24.5 Å². The number of aliphatic carboxylic acids is 1. The number of carbonyl (C=O) groups excluding carboxylic acids is 3. The number of carboxylic acids is 1. The number of carbonyl (C=O) groups is 4. The number of amides is 3. The molecule has 0 aliphatic heterocycles. The number of imidazole rings is 1. The summed E-state index contributed by atoms with van der Waals surface area (Å²) in [4.78, 5) is 57.2. The van der Waals surface area contributed by atoms with Crippen LogP contribution in [0.25, 0.3) is 0 Å². The number of H-pyrrole nitrogens is 1. The lowest BCUT2D eigenvalue weighted by atomic mass is 10.0. The Morgan fingerprint density at radius 3 is 2.03 bits per heavy atom. The highest BCUT2D eigenvalue weighted by atomic mass is 16.4. The Morgan fingerprint density at radius 1 is 0.946 bits per heavy atom. The van der Waals surface area contributed by atoms with Crippen LogP contribution in [0.2, 0.25) is 0 Å². The normalized spacial score (nSPS) is 15.2. The monoisotopic (exact) mass is 518 g/mol. The zero-order valence-electron chi connectivity index (χ0n) is 20.8. The second-order valence-corrected chi connectivity index (χ2v) is 9.11. The van der Waals surface area contributed by atoms with Gasteiger partial charge in [-0.15, -0.1) is 0 Å². The van der Waals surface area contributed by atoms with Gasteiger partial charge in [-0.3, -0.25) is 14.4 Å². The molecule has 202 valence electrons. The Kier molecular flexibility index (Phi) is 10.6. The van der Waals surface area contributed by atoms with Crippen molar-refractivity contribution < 1.29 is 34.5 Å². The Labute approximate surface area is 213 Å². The number of hydrogen-bond donors (Lipinski definition) is 8. The summed E-state index contributed by atoms with van der Waals surface area (Å²) < 4.78 is 0. The van der Waals surface area contributed by atoms with Crippen molar-refractivity contribution in [2.24, 2.45) is 11.7 Å². The second kappa shape index (κ2) is 13.4. The number of nitrogens with zero attached hydrogens (tertiary/aromatic N) is 1. The van der Waals surface area contributed by atoms with Gasteiger partial charge in [-0.25, -0.2) is 9.78 Å². The first-order chi connectivity index (χ1) is 17.4. The molecule has 3 amide bonds. The minimum Gasteiger partial charge on any atom is -0.508 e. The molecule has 0 fully saturated rings. The van der Waals surface area contributed by atoms with Crippen molar-refractivity contribution in [1.82, 2.24) is 25.9 Å². The lowest BCUT2D eigenvalue weighted by Crippen LogP contribution is -2.59. The number of nitrogens with one attached hydrogen (secondary N) is 4. The van der Waals surface area contributed by atoms with Gasteiger partial charge in [-0.05, 0) is 30.5 Å². The molecular weight excluding hydrogens is 484 g/mol. The minimum absolute atomic E-state index is 0.00217.